The third-order valence-electron chi connectivity index (χ3n) is 12.4. The van der Waals surface area contributed by atoms with Gasteiger partial charge in [-0.2, -0.15) is 13.2 Å². The molecule has 1 amide bonds. The molecule has 7 rings (SSSR count). The Bertz CT molecular complexity index is 1660. The highest BCUT2D eigenvalue weighted by Gasteiger charge is 2.64. The van der Waals surface area contributed by atoms with Crippen LogP contribution in [0.25, 0.3) is 5.76 Å². The van der Waals surface area contributed by atoms with Crippen LogP contribution in [-0.4, -0.2) is 86.5 Å². The van der Waals surface area contributed by atoms with E-state index in [-0.39, 0.29) is 29.5 Å². The van der Waals surface area contributed by atoms with Crippen molar-refractivity contribution in [2.45, 2.75) is 77.2 Å². The van der Waals surface area contributed by atoms with Crippen molar-refractivity contribution < 1.29 is 48.0 Å². The Kier molecular flexibility index (Phi) is 8.12. The van der Waals surface area contributed by atoms with E-state index in [2.05, 4.69) is 13.8 Å². The van der Waals surface area contributed by atoms with E-state index in [9.17, 15) is 34.8 Å². The first-order chi connectivity index (χ1) is 22.3. The number of amides is 1. The minimum Gasteiger partial charge on any atom is -0.508 e. The number of aromatic hydroxyl groups is 1. The van der Waals surface area contributed by atoms with Gasteiger partial charge in [-0.25, -0.2) is 0 Å². The zero-order valence-electron chi connectivity index (χ0n) is 27.8. The Labute approximate surface area is 277 Å². The summed E-state index contributed by atoms with van der Waals surface area (Å²) in [7, 11) is 2.91. The van der Waals surface area contributed by atoms with Crippen molar-refractivity contribution in [1.29, 1.82) is 0 Å². The second kappa shape index (κ2) is 11.3. The topological polar surface area (TPSA) is 165 Å². The summed E-state index contributed by atoms with van der Waals surface area (Å²) in [5.41, 5.74) is -0.868. The molecule has 10 nitrogen and oxygen atoms in total. The first-order valence-electron chi connectivity index (χ1n) is 16.6. The van der Waals surface area contributed by atoms with E-state index in [1.165, 1.54) is 19.0 Å². The second-order valence-corrected chi connectivity index (χ2v) is 15.3. The van der Waals surface area contributed by atoms with Crippen LogP contribution in [0.2, 0.25) is 0 Å². The normalized spacial score (nSPS) is 32.6. The van der Waals surface area contributed by atoms with Crippen LogP contribution >= 0.6 is 0 Å². The van der Waals surface area contributed by atoms with Crippen molar-refractivity contribution >= 4 is 23.2 Å². The van der Waals surface area contributed by atoms with Crippen molar-refractivity contribution in [3.63, 3.8) is 0 Å². The number of Topliss-reactive ketones (excluding diaryl/α,β-unsaturated/α-hetero) is 2. The predicted octanol–water partition coefficient (Wildman–Crippen LogP) is 3.88. The number of primary amides is 1. The van der Waals surface area contributed by atoms with Crippen molar-refractivity contribution in [2.24, 2.45) is 40.7 Å². The van der Waals surface area contributed by atoms with Crippen LogP contribution in [0.15, 0.2) is 23.0 Å². The van der Waals surface area contributed by atoms with Gasteiger partial charge in [0.25, 0.3) is 5.91 Å². The third-order valence-corrected chi connectivity index (χ3v) is 12.4. The zero-order valence-corrected chi connectivity index (χ0v) is 27.8. The van der Waals surface area contributed by atoms with Gasteiger partial charge in [-0.05, 0) is 99.0 Å². The Morgan fingerprint density at radius 2 is 1.75 bits per heavy atom. The fraction of sp³-hybridized carbons (Fsp3) is 0.629. The van der Waals surface area contributed by atoms with E-state index < -0.39 is 93.1 Å². The fourth-order valence-corrected chi connectivity index (χ4v) is 9.92. The molecule has 48 heavy (non-hydrogen) atoms. The van der Waals surface area contributed by atoms with Gasteiger partial charge in [-0.15, -0.1) is 0 Å². The van der Waals surface area contributed by atoms with Crippen LogP contribution < -0.4 is 5.73 Å². The first kappa shape index (κ1) is 34.4. The molecule has 0 saturated heterocycles. The number of phenolic OH excluding ortho intramolecular Hbond substituents is 1. The highest BCUT2D eigenvalue weighted by atomic mass is 19.4. The molecule has 6 N–H and O–H groups in total. The SMILES string of the molecule is CCN(Cc1cc(O)c2c(c1C(F)(F)F)C[C@H]1C[C@H]3[C@H](N(C)C)C(=O)C(C(N)=O)=C(O)[C@@]3(O)C(=O)C1=C2O)C[C@H]1CCC2CC1C2(C)C. The van der Waals surface area contributed by atoms with Gasteiger partial charge >= 0.3 is 6.18 Å². The van der Waals surface area contributed by atoms with Gasteiger partial charge in [-0.1, -0.05) is 20.8 Å². The molecule has 13 heteroatoms. The number of benzene rings is 1. The molecule has 262 valence electrons. The van der Waals surface area contributed by atoms with E-state index in [0.29, 0.717) is 30.8 Å². The smallest absolute Gasteiger partial charge is 0.417 e. The average Bonchev–Trinajstić information content (AvgIpc) is 2.97. The number of carbonyl (C=O) groups excluding carboxylic acids is 3. The van der Waals surface area contributed by atoms with Gasteiger partial charge in [0.1, 0.15) is 22.8 Å². The van der Waals surface area contributed by atoms with E-state index >= 15 is 13.2 Å². The molecule has 1 aromatic carbocycles. The molecule has 4 saturated carbocycles. The van der Waals surface area contributed by atoms with Crippen molar-refractivity contribution in [2.75, 3.05) is 27.2 Å². The molecule has 0 spiro atoms. The number of rotatable bonds is 7. The zero-order chi connectivity index (χ0) is 35.4. The molecular weight excluding hydrogens is 631 g/mol. The summed E-state index contributed by atoms with van der Waals surface area (Å²) in [5.74, 6) is -7.41. The Morgan fingerprint density at radius 1 is 1.08 bits per heavy atom. The van der Waals surface area contributed by atoms with Crippen molar-refractivity contribution in [3.8, 4) is 5.75 Å². The maximum Gasteiger partial charge on any atom is 0.417 e. The lowest BCUT2D eigenvalue weighted by Gasteiger charge is -2.60. The molecule has 6 aliphatic carbocycles. The van der Waals surface area contributed by atoms with Gasteiger partial charge in [0.2, 0.25) is 5.78 Å². The quantitative estimate of drug-likeness (QED) is 0.270. The van der Waals surface area contributed by atoms with Crippen molar-refractivity contribution in [1.82, 2.24) is 9.80 Å². The number of phenols is 1. The summed E-state index contributed by atoms with van der Waals surface area (Å²) in [6.07, 6.45) is -2.37. The summed E-state index contributed by atoms with van der Waals surface area (Å²) in [4.78, 5) is 42.8. The van der Waals surface area contributed by atoms with Crippen LogP contribution in [0.3, 0.4) is 0 Å². The van der Waals surface area contributed by atoms with Gasteiger partial charge in [0.15, 0.2) is 11.4 Å². The maximum absolute atomic E-state index is 15.1. The van der Waals surface area contributed by atoms with Crippen molar-refractivity contribution in [3.05, 3.63) is 45.2 Å². The molecular formula is C35H44F3N3O7. The number of fused-ring (bicyclic) bond motifs is 5. The highest BCUT2D eigenvalue weighted by Crippen LogP contribution is 2.61. The van der Waals surface area contributed by atoms with Gasteiger partial charge < -0.3 is 26.2 Å². The lowest BCUT2D eigenvalue weighted by Crippen LogP contribution is -2.65. The van der Waals surface area contributed by atoms with Crippen LogP contribution in [0, 0.1) is 35.0 Å². The number of aliphatic hydroxyl groups excluding tert-OH is 2. The monoisotopic (exact) mass is 675 g/mol. The number of likely N-dealkylation sites (N-methyl/N-ethyl adjacent to an activating group) is 1. The number of nitrogens with two attached hydrogens (primary N) is 1. The average molecular weight is 676 g/mol. The molecule has 7 atom stereocenters. The third kappa shape index (κ3) is 4.82. The number of aliphatic hydroxyl groups is 3. The first-order valence-corrected chi connectivity index (χ1v) is 16.6. The number of hydrogen-bond donors (Lipinski definition) is 5. The standard InChI is InChI=1S/C35H44F3N3O7/c1-6-41(13-15-7-8-18-12-20(15)33(18,2)3)14-17-11-22(42)24-19(26(17)35(36,37)38)9-16-10-21-27(40(4)5)29(44)25(32(39)47)31(46)34(21,48)30(45)23(16)28(24)43/h11,15-16,18,20-21,27,42-43,46,48H,6-10,12-14H2,1-5H3,(H2,39,47)/t15-,16+,18?,20?,21+,27+,34+/m1/s1. The Morgan fingerprint density at radius 3 is 2.29 bits per heavy atom. The number of hydrogen-bond acceptors (Lipinski definition) is 9. The molecule has 0 aromatic heterocycles. The molecule has 4 fully saturated rings. The summed E-state index contributed by atoms with van der Waals surface area (Å²) in [6, 6.07) is -0.349. The number of halogens is 3. The number of carbonyl (C=O) groups is 3. The largest absolute Gasteiger partial charge is 0.508 e. The van der Waals surface area contributed by atoms with Crippen LogP contribution in [0.1, 0.15) is 68.7 Å². The Balaban J connectivity index is 1.43. The van der Waals surface area contributed by atoms with Gasteiger partial charge in [0, 0.05) is 24.6 Å². The molecule has 6 aliphatic rings. The molecule has 0 aliphatic heterocycles. The highest BCUT2D eigenvalue weighted by molar-refractivity contribution is 6.24. The minimum absolute atomic E-state index is 0.0890. The van der Waals surface area contributed by atoms with E-state index in [1.807, 2.05) is 11.8 Å². The van der Waals surface area contributed by atoms with Crippen LogP contribution in [-0.2, 0) is 33.5 Å². The van der Waals surface area contributed by atoms with Gasteiger partial charge in [0.05, 0.1) is 17.2 Å². The molecule has 1 aromatic rings. The summed E-state index contributed by atoms with van der Waals surface area (Å²) >= 11 is 0. The summed E-state index contributed by atoms with van der Waals surface area (Å²) in [6.45, 7) is 7.43. The lowest BCUT2D eigenvalue weighted by molar-refractivity contribution is -0.153. The maximum atomic E-state index is 15.1. The summed E-state index contributed by atoms with van der Waals surface area (Å²) < 4.78 is 45.2. The number of ketones is 2. The Hall–Kier alpha value is -3.42. The minimum atomic E-state index is -4.89. The van der Waals surface area contributed by atoms with Crippen LogP contribution in [0.5, 0.6) is 5.75 Å². The van der Waals surface area contributed by atoms with E-state index in [4.69, 9.17) is 5.73 Å². The van der Waals surface area contributed by atoms with E-state index in [1.54, 1.807) is 0 Å². The van der Waals surface area contributed by atoms with Crippen LogP contribution in [0.4, 0.5) is 13.2 Å². The number of nitrogens with zero attached hydrogens (tertiary/aromatic N) is 2. The molecule has 0 heterocycles. The predicted molar refractivity (Wildman–Crippen MR) is 168 cm³/mol. The van der Waals surface area contributed by atoms with Gasteiger partial charge in [-0.3, -0.25) is 24.2 Å². The van der Waals surface area contributed by atoms with E-state index in [0.717, 1.165) is 25.3 Å². The lowest BCUT2D eigenvalue weighted by atomic mass is 9.45. The molecule has 0 radical (unpaired) electrons. The molecule has 2 unspecified atom stereocenters. The number of alkyl halides is 3. The fourth-order valence-electron chi connectivity index (χ4n) is 9.92. The molecule has 2 bridgehead atoms. The second-order valence-electron chi connectivity index (χ2n) is 15.3. The summed E-state index contributed by atoms with van der Waals surface area (Å²) in [5, 5.41) is 45.4.